The fourth-order valence-corrected chi connectivity index (χ4v) is 2.42. The van der Waals surface area contributed by atoms with E-state index in [9.17, 15) is 14.9 Å². The van der Waals surface area contributed by atoms with Crippen molar-refractivity contribution in [2.24, 2.45) is 5.92 Å². The molecule has 16 heavy (non-hydrogen) atoms. The number of hydrogen-bond donors (Lipinski definition) is 0. The van der Waals surface area contributed by atoms with Gasteiger partial charge >= 0.3 is 0 Å². The number of carbonyl (C=O) groups is 1. The highest BCUT2D eigenvalue weighted by molar-refractivity contribution is 6.17. The Bertz CT molecular complexity index is 283. The van der Waals surface area contributed by atoms with Crippen LogP contribution in [0.4, 0.5) is 0 Å². The van der Waals surface area contributed by atoms with E-state index in [4.69, 9.17) is 11.6 Å². The first kappa shape index (κ1) is 13.2. The first-order valence-corrected chi connectivity index (χ1v) is 6.01. The molecule has 0 aromatic rings. The van der Waals surface area contributed by atoms with Crippen molar-refractivity contribution in [1.82, 2.24) is 4.90 Å². The number of nitro groups is 1. The lowest BCUT2D eigenvalue weighted by Crippen LogP contribution is -2.44. The van der Waals surface area contributed by atoms with Crippen molar-refractivity contribution in [2.75, 3.05) is 12.4 Å². The first-order chi connectivity index (χ1) is 7.49. The summed E-state index contributed by atoms with van der Waals surface area (Å²) in [6.07, 6.45) is 0.707. The van der Waals surface area contributed by atoms with Crippen LogP contribution in [0.15, 0.2) is 0 Å². The second-order valence-electron chi connectivity index (χ2n) is 4.42. The molecular weight excluding hydrogens is 232 g/mol. The second-order valence-corrected chi connectivity index (χ2v) is 4.80. The van der Waals surface area contributed by atoms with E-state index in [0.29, 0.717) is 18.8 Å². The van der Waals surface area contributed by atoms with Gasteiger partial charge in [-0.3, -0.25) is 14.9 Å². The molecule has 1 amide bonds. The molecule has 1 rings (SSSR count). The summed E-state index contributed by atoms with van der Waals surface area (Å²) >= 11 is 5.58. The number of carbonyl (C=O) groups excluding carboxylic acids is 1. The van der Waals surface area contributed by atoms with Gasteiger partial charge in [-0.05, 0) is 12.3 Å². The molecule has 1 aliphatic heterocycles. The topological polar surface area (TPSA) is 63.5 Å². The fraction of sp³-hybridized carbons (Fsp3) is 0.900. The Kier molecular flexibility index (Phi) is 4.53. The van der Waals surface area contributed by atoms with Crippen molar-refractivity contribution in [3.63, 3.8) is 0 Å². The molecule has 0 saturated carbocycles. The molecule has 0 unspecified atom stereocenters. The molecule has 5 nitrogen and oxygen atoms in total. The molecule has 0 spiro atoms. The van der Waals surface area contributed by atoms with E-state index in [1.165, 1.54) is 0 Å². The molecule has 0 radical (unpaired) electrons. The normalized spacial score (nSPS) is 25.5. The third-order valence-corrected chi connectivity index (χ3v) is 3.21. The largest absolute Gasteiger partial charge is 0.332 e. The van der Waals surface area contributed by atoms with Crippen LogP contribution in [0.25, 0.3) is 0 Å². The summed E-state index contributed by atoms with van der Waals surface area (Å²) in [5, 5.41) is 10.9. The summed E-state index contributed by atoms with van der Waals surface area (Å²) < 4.78 is 0. The van der Waals surface area contributed by atoms with Crippen LogP contribution < -0.4 is 0 Å². The number of alkyl halides is 1. The fourth-order valence-electron chi connectivity index (χ4n) is 2.30. The molecule has 0 N–H and O–H groups in total. The van der Waals surface area contributed by atoms with Gasteiger partial charge in [-0.15, -0.1) is 11.6 Å². The van der Waals surface area contributed by atoms with Crippen LogP contribution in [-0.2, 0) is 4.79 Å². The third kappa shape index (κ3) is 2.64. The summed E-state index contributed by atoms with van der Waals surface area (Å²) in [4.78, 5) is 23.9. The molecule has 0 bridgehead atoms. The lowest BCUT2D eigenvalue weighted by Gasteiger charge is -2.27. The van der Waals surface area contributed by atoms with E-state index in [2.05, 4.69) is 0 Å². The van der Waals surface area contributed by atoms with E-state index >= 15 is 0 Å². The average Bonchev–Trinajstić information content (AvgIpc) is 2.52. The number of rotatable bonds is 5. The highest BCUT2D eigenvalue weighted by Gasteiger charge is 2.48. The number of amides is 1. The zero-order valence-electron chi connectivity index (χ0n) is 9.56. The van der Waals surface area contributed by atoms with Gasteiger partial charge in [-0.2, -0.15) is 0 Å². The monoisotopic (exact) mass is 248 g/mol. The summed E-state index contributed by atoms with van der Waals surface area (Å²) in [6.45, 7) is 4.34. The molecule has 1 fully saturated rings. The zero-order valence-corrected chi connectivity index (χ0v) is 10.3. The summed E-state index contributed by atoms with van der Waals surface area (Å²) in [7, 11) is 0. The van der Waals surface area contributed by atoms with Gasteiger partial charge in [0, 0.05) is 17.3 Å². The Balaban J connectivity index is 2.80. The van der Waals surface area contributed by atoms with Gasteiger partial charge in [0.1, 0.15) is 6.04 Å². The number of hydrogen-bond acceptors (Lipinski definition) is 3. The van der Waals surface area contributed by atoms with Crippen molar-refractivity contribution in [1.29, 1.82) is 0 Å². The van der Waals surface area contributed by atoms with Crippen LogP contribution in [0.2, 0.25) is 0 Å². The van der Waals surface area contributed by atoms with Gasteiger partial charge in [0.25, 0.3) is 0 Å². The maximum absolute atomic E-state index is 11.7. The minimum absolute atomic E-state index is 0.0259. The molecule has 2 atom stereocenters. The highest BCUT2D eigenvalue weighted by Crippen LogP contribution is 2.27. The minimum Gasteiger partial charge on any atom is -0.332 e. The van der Waals surface area contributed by atoms with Crippen LogP contribution in [0.3, 0.4) is 0 Å². The first-order valence-electron chi connectivity index (χ1n) is 5.48. The molecule has 6 heteroatoms. The van der Waals surface area contributed by atoms with Crippen LogP contribution in [-0.4, -0.2) is 40.2 Å². The Hall–Kier alpha value is -0.840. The number of halogens is 1. The Morgan fingerprint density at radius 1 is 1.62 bits per heavy atom. The Morgan fingerprint density at radius 3 is 2.69 bits per heavy atom. The number of likely N-dealkylation sites (tertiary alicyclic amines) is 1. The lowest BCUT2D eigenvalue weighted by atomic mass is 9.98. The van der Waals surface area contributed by atoms with Crippen LogP contribution in [0.1, 0.15) is 26.7 Å². The van der Waals surface area contributed by atoms with E-state index in [0.717, 1.165) is 0 Å². The van der Waals surface area contributed by atoms with E-state index in [1.54, 1.807) is 4.90 Å². The average molecular weight is 249 g/mol. The van der Waals surface area contributed by atoms with Gasteiger partial charge < -0.3 is 4.90 Å². The maximum Gasteiger partial charge on any atom is 0.242 e. The standard InChI is InChI=1S/C10H17ClN2O3/c1-7(2)10-8(13(15)16)6-9(14)12(10)5-3-4-11/h7-8,10H,3-6H2,1-2H3/t8-,10+/m1/s1. The maximum atomic E-state index is 11.7. The molecule has 0 aromatic heterocycles. The predicted octanol–water partition coefficient (Wildman–Crippen LogP) is 1.52. The molecule has 1 aliphatic rings. The van der Waals surface area contributed by atoms with Crippen molar-refractivity contribution >= 4 is 17.5 Å². The second kappa shape index (κ2) is 5.48. The minimum atomic E-state index is -0.761. The van der Waals surface area contributed by atoms with Crippen molar-refractivity contribution in [3.05, 3.63) is 10.1 Å². The van der Waals surface area contributed by atoms with E-state index in [1.807, 2.05) is 13.8 Å². The smallest absolute Gasteiger partial charge is 0.242 e. The molecular formula is C10H17ClN2O3. The van der Waals surface area contributed by atoms with Crippen molar-refractivity contribution < 1.29 is 9.72 Å². The number of nitrogens with zero attached hydrogens (tertiary/aromatic N) is 2. The molecule has 92 valence electrons. The molecule has 1 saturated heterocycles. The molecule has 1 heterocycles. The summed E-state index contributed by atoms with van der Waals surface area (Å²) in [5.41, 5.74) is 0. The van der Waals surface area contributed by atoms with E-state index < -0.39 is 6.04 Å². The predicted molar refractivity (Wildman–Crippen MR) is 61.1 cm³/mol. The van der Waals surface area contributed by atoms with Gasteiger partial charge in [0.2, 0.25) is 11.9 Å². The van der Waals surface area contributed by atoms with Crippen LogP contribution in [0.5, 0.6) is 0 Å². The quantitative estimate of drug-likeness (QED) is 0.421. The summed E-state index contributed by atoms with van der Waals surface area (Å²) in [5.74, 6) is 0.445. The SMILES string of the molecule is CC(C)[C@H]1[C@H]([N+](=O)[O-])CC(=O)N1CCCCl. The van der Waals surface area contributed by atoms with Crippen LogP contribution in [0, 0.1) is 16.0 Å². The zero-order chi connectivity index (χ0) is 12.3. The lowest BCUT2D eigenvalue weighted by molar-refractivity contribution is -0.525. The Morgan fingerprint density at radius 2 is 2.25 bits per heavy atom. The molecule has 0 aromatic carbocycles. The van der Waals surface area contributed by atoms with E-state index in [-0.39, 0.29) is 29.2 Å². The van der Waals surface area contributed by atoms with Crippen molar-refractivity contribution in [3.8, 4) is 0 Å². The Labute approximate surface area is 99.9 Å². The van der Waals surface area contributed by atoms with Crippen LogP contribution >= 0.6 is 11.6 Å². The van der Waals surface area contributed by atoms with Crippen molar-refractivity contribution in [2.45, 2.75) is 38.8 Å². The van der Waals surface area contributed by atoms with Gasteiger partial charge in [-0.25, -0.2) is 0 Å². The highest BCUT2D eigenvalue weighted by atomic mass is 35.5. The van der Waals surface area contributed by atoms with Gasteiger partial charge in [0.05, 0.1) is 6.42 Å². The van der Waals surface area contributed by atoms with Gasteiger partial charge in [0.15, 0.2) is 0 Å². The summed E-state index contributed by atoms with van der Waals surface area (Å²) in [6, 6.07) is -1.05. The third-order valence-electron chi connectivity index (χ3n) is 2.94. The molecule has 0 aliphatic carbocycles. The van der Waals surface area contributed by atoms with Gasteiger partial charge in [-0.1, -0.05) is 13.8 Å².